The molecule has 0 unspecified atom stereocenters. The predicted octanol–water partition coefficient (Wildman–Crippen LogP) is 1.99. The Morgan fingerprint density at radius 3 is 2.79 bits per heavy atom. The van der Waals surface area contributed by atoms with E-state index < -0.39 is 0 Å². The fraction of sp³-hybridized carbons (Fsp3) is 0.333. The second-order valence-electron chi connectivity index (χ2n) is 3.54. The first-order chi connectivity index (χ1) is 6.81. The normalized spacial score (nSPS) is 15.4. The van der Waals surface area contributed by atoms with Gasteiger partial charge < -0.3 is 10.1 Å². The van der Waals surface area contributed by atoms with Crippen LogP contribution in [0.25, 0.3) is 5.57 Å². The first kappa shape index (κ1) is 9.28. The summed E-state index contributed by atoms with van der Waals surface area (Å²) in [5.41, 5.74) is 4.00. The summed E-state index contributed by atoms with van der Waals surface area (Å²) in [5, 5.41) is 3.30. The first-order valence-corrected chi connectivity index (χ1v) is 4.86. The minimum Gasteiger partial charge on any atom is -0.497 e. The summed E-state index contributed by atoms with van der Waals surface area (Å²) in [4.78, 5) is 0. The van der Waals surface area contributed by atoms with Gasteiger partial charge in [0.2, 0.25) is 0 Å². The molecule has 2 rings (SSSR count). The number of aryl methyl sites for hydroxylation is 1. The van der Waals surface area contributed by atoms with Gasteiger partial charge >= 0.3 is 0 Å². The Morgan fingerprint density at radius 2 is 2.21 bits per heavy atom. The molecule has 0 bridgehead atoms. The van der Waals surface area contributed by atoms with Crippen molar-refractivity contribution in [3.05, 3.63) is 35.4 Å². The van der Waals surface area contributed by atoms with Gasteiger partial charge in [-0.3, -0.25) is 0 Å². The van der Waals surface area contributed by atoms with Crippen LogP contribution in [0.1, 0.15) is 11.1 Å². The number of ether oxygens (including phenoxy) is 1. The Balaban J connectivity index is 2.34. The molecule has 0 saturated carbocycles. The van der Waals surface area contributed by atoms with E-state index in [0.717, 1.165) is 18.8 Å². The van der Waals surface area contributed by atoms with E-state index in [4.69, 9.17) is 4.74 Å². The quantitative estimate of drug-likeness (QED) is 0.768. The third-order valence-corrected chi connectivity index (χ3v) is 2.59. The van der Waals surface area contributed by atoms with Crippen molar-refractivity contribution in [2.75, 3.05) is 20.2 Å². The van der Waals surface area contributed by atoms with Gasteiger partial charge in [-0.15, -0.1) is 0 Å². The van der Waals surface area contributed by atoms with Crippen LogP contribution in [0.5, 0.6) is 5.75 Å². The van der Waals surface area contributed by atoms with Gasteiger partial charge in [-0.25, -0.2) is 0 Å². The van der Waals surface area contributed by atoms with E-state index in [9.17, 15) is 0 Å². The number of hydrogen-bond donors (Lipinski definition) is 1. The van der Waals surface area contributed by atoms with Crippen LogP contribution in [-0.4, -0.2) is 20.2 Å². The minimum absolute atomic E-state index is 0.929. The molecule has 0 saturated heterocycles. The van der Waals surface area contributed by atoms with Crippen LogP contribution in [0.3, 0.4) is 0 Å². The van der Waals surface area contributed by atoms with Crippen molar-refractivity contribution in [3.8, 4) is 5.75 Å². The molecular weight excluding hydrogens is 174 g/mol. The maximum atomic E-state index is 5.18. The van der Waals surface area contributed by atoms with Gasteiger partial charge in [0.05, 0.1) is 7.11 Å². The monoisotopic (exact) mass is 189 g/mol. The van der Waals surface area contributed by atoms with Gasteiger partial charge in [-0.2, -0.15) is 0 Å². The third-order valence-electron chi connectivity index (χ3n) is 2.59. The lowest BCUT2D eigenvalue weighted by atomic mass is 10.0. The highest BCUT2D eigenvalue weighted by atomic mass is 16.5. The van der Waals surface area contributed by atoms with Crippen LogP contribution >= 0.6 is 0 Å². The third kappa shape index (κ3) is 1.66. The maximum Gasteiger partial charge on any atom is 0.119 e. The highest BCUT2D eigenvalue weighted by molar-refractivity contribution is 5.71. The van der Waals surface area contributed by atoms with E-state index in [2.05, 4.69) is 30.4 Å². The molecule has 1 N–H and O–H groups in total. The van der Waals surface area contributed by atoms with E-state index in [0.29, 0.717) is 0 Å². The molecule has 1 aliphatic rings. The topological polar surface area (TPSA) is 21.3 Å². The molecule has 2 heteroatoms. The Bertz CT molecular complexity index is 369. The molecule has 14 heavy (non-hydrogen) atoms. The molecule has 1 aliphatic heterocycles. The van der Waals surface area contributed by atoms with Crippen LogP contribution in [0.4, 0.5) is 0 Å². The van der Waals surface area contributed by atoms with Crippen molar-refractivity contribution >= 4 is 5.57 Å². The molecule has 0 aliphatic carbocycles. The molecule has 0 amide bonds. The minimum atomic E-state index is 0.929. The summed E-state index contributed by atoms with van der Waals surface area (Å²) >= 11 is 0. The first-order valence-electron chi connectivity index (χ1n) is 4.86. The molecular formula is C12H15NO. The number of rotatable bonds is 2. The smallest absolute Gasteiger partial charge is 0.119 e. The molecule has 0 aromatic heterocycles. The summed E-state index contributed by atoms with van der Waals surface area (Å²) in [6.45, 7) is 4.09. The average molecular weight is 189 g/mol. The lowest BCUT2D eigenvalue weighted by molar-refractivity contribution is 0.414. The Labute approximate surface area is 84.6 Å². The zero-order chi connectivity index (χ0) is 9.97. The molecule has 1 heterocycles. The van der Waals surface area contributed by atoms with Crippen molar-refractivity contribution in [2.45, 2.75) is 6.92 Å². The molecule has 74 valence electrons. The Morgan fingerprint density at radius 1 is 1.36 bits per heavy atom. The summed E-state index contributed by atoms with van der Waals surface area (Å²) in [6.07, 6.45) is 2.24. The molecule has 0 spiro atoms. The highest BCUT2D eigenvalue weighted by Gasteiger charge is 2.09. The second kappa shape index (κ2) is 3.84. The van der Waals surface area contributed by atoms with Crippen molar-refractivity contribution in [3.63, 3.8) is 0 Å². The van der Waals surface area contributed by atoms with Crippen LogP contribution in [0, 0.1) is 6.92 Å². The molecule has 0 atom stereocenters. The SMILES string of the molecule is COc1ccc(C2=CCNC2)c(C)c1. The summed E-state index contributed by atoms with van der Waals surface area (Å²) < 4.78 is 5.18. The van der Waals surface area contributed by atoms with E-state index >= 15 is 0 Å². The molecule has 2 nitrogen and oxygen atoms in total. The molecule has 1 aromatic carbocycles. The van der Waals surface area contributed by atoms with Gasteiger partial charge in [0, 0.05) is 13.1 Å². The van der Waals surface area contributed by atoms with Crippen molar-refractivity contribution < 1.29 is 4.74 Å². The average Bonchev–Trinajstić information content (AvgIpc) is 2.70. The van der Waals surface area contributed by atoms with E-state index in [1.165, 1.54) is 16.7 Å². The van der Waals surface area contributed by atoms with Gasteiger partial charge in [-0.1, -0.05) is 12.1 Å². The van der Waals surface area contributed by atoms with Crippen molar-refractivity contribution in [1.82, 2.24) is 5.32 Å². The van der Waals surface area contributed by atoms with Gasteiger partial charge in [-0.05, 0) is 35.8 Å². The Kier molecular flexibility index (Phi) is 2.55. The van der Waals surface area contributed by atoms with Crippen molar-refractivity contribution in [1.29, 1.82) is 0 Å². The fourth-order valence-corrected chi connectivity index (χ4v) is 1.80. The molecule has 0 fully saturated rings. The molecule has 1 aromatic rings. The van der Waals surface area contributed by atoms with E-state index in [1.54, 1.807) is 7.11 Å². The van der Waals surface area contributed by atoms with Crippen LogP contribution in [0.2, 0.25) is 0 Å². The number of benzene rings is 1. The second-order valence-corrected chi connectivity index (χ2v) is 3.54. The van der Waals surface area contributed by atoms with Gasteiger partial charge in [0.1, 0.15) is 5.75 Å². The zero-order valence-corrected chi connectivity index (χ0v) is 8.63. The van der Waals surface area contributed by atoms with Crippen LogP contribution < -0.4 is 10.1 Å². The van der Waals surface area contributed by atoms with Crippen molar-refractivity contribution in [2.24, 2.45) is 0 Å². The number of hydrogen-bond acceptors (Lipinski definition) is 2. The lowest BCUT2D eigenvalue weighted by Crippen LogP contribution is -2.07. The fourth-order valence-electron chi connectivity index (χ4n) is 1.80. The summed E-state index contributed by atoms with van der Waals surface area (Å²) in [7, 11) is 1.70. The summed E-state index contributed by atoms with van der Waals surface area (Å²) in [5.74, 6) is 0.929. The van der Waals surface area contributed by atoms with Crippen LogP contribution in [0.15, 0.2) is 24.3 Å². The number of methoxy groups -OCH3 is 1. The van der Waals surface area contributed by atoms with Crippen LogP contribution in [-0.2, 0) is 0 Å². The van der Waals surface area contributed by atoms with E-state index in [1.807, 2.05) is 6.07 Å². The largest absolute Gasteiger partial charge is 0.497 e. The zero-order valence-electron chi connectivity index (χ0n) is 8.63. The highest BCUT2D eigenvalue weighted by Crippen LogP contribution is 2.24. The molecule has 0 radical (unpaired) electrons. The summed E-state index contributed by atoms with van der Waals surface area (Å²) in [6, 6.07) is 6.23. The van der Waals surface area contributed by atoms with E-state index in [-0.39, 0.29) is 0 Å². The Hall–Kier alpha value is -1.28. The number of nitrogens with one attached hydrogen (secondary N) is 1. The maximum absolute atomic E-state index is 5.18. The van der Waals surface area contributed by atoms with Gasteiger partial charge in [0.15, 0.2) is 0 Å². The predicted molar refractivity (Wildman–Crippen MR) is 58.6 cm³/mol. The van der Waals surface area contributed by atoms with Gasteiger partial charge in [0.25, 0.3) is 0 Å². The lowest BCUT2D eigenvalue weighted by Gasteiger charge is -2.08. The standard InChI is InChI=1S/C12H15NO/c1-9-7-11(14-2)3-4-12(9)10-5-6-13-8-10/h3-5,7,13H,6,8H2,1-2H3.